The zero-order valence-corrected chi connectivity index (χ0v) is 19.0. The summed E-state index contributed by atoms with van der Waals surface area (Å²) in [5, 5.41) is 2.18. The van der Waals surface area contributed by atoms with E-state index >= 15 is 0 Å². The van der Waals surface area contributed by atoms with Crippen LogP contribution < -0.4 is 19.7 Å². The molecule has 0 aliphatic carbocycles. The molecule has 0 spiro atoms. The number of rotatable bonds is 6. The lowest BCUT2D eigenvalue weighted by Gasteiger charge is -2.26. The van der Waals surface area contributed by atoms with Crippen LogP contribution in [0.5, 0.6) is 11.5 Å². The summed E-state index contributed by atoms with van der Waals surface area (Å²) < 4.78 is 15.7. The quantitative estimate of drug-likeness (QED) is 0.367. The maximum Gasteiger partial charge on any atom is 0.343 e. The van der Waals surface area contributed by atoms with Crippen LogP contribution in [-0.4, -0.2) is 44.6 Å². The van der Waals surface area contributed by atoms with Crippen LogP contribution in [0.3, 0.4) is 0 Å². The van der Waals surface area contributed by atoms with Crippen LogP contribution in [0.25, 0.3) is 6.08 Å². The van der Waals surface area contributed by atoms with E-state index < -0.39 is 23.8 Å². The van der Waals surface area contributed by atoms with E-state index in [1.165, 1.54) is 32.4 Å². The summed E-state index contributed by atoms with van der Waals surface area (Å²) in [4.78, 5) is 50.0. The molecule has 0 bridgehead atoms. The normalized spacial score (nSPS) is 14.9. The van der Waals surface area contributed by atoms with Crippen molar-refractivity contribution in [3.05, 3.63) is 57.6 Å². The molecule has 0 radical (unpaired) electrons. The number of barbiturate groups is 1. The van der Waals surface area contributed by atoms with E-state index in [4.69, 9.17) is 9.47 Å². The van der Waals surface area contributed by atoms with Crippen molar-refractivity contribution in [1.29, 1.82) is 0 Å². The second-order valence-electron chi connectivity index (χ2n) is 6.68. The van der Waals surface area contributed by atoms with Crippen molar-refractivity contribution in [2.24, 2.45) is 0 Å². The third-order valence-electron chi connectivity index (χ3n) is 4.55. The van der Waals surface area contributed by atoms with Crippen molar-refractivity contribution in [3.8, 4) is 11.5 Å². The van der Waals surface area contributed by atoms with E-state index in [0.29, 0.717) is 15.7 Å². The number of hydrogen-bond acceptors (Lipinski definition) is 7. The molecule has 32 heavy (non-hydrogen) atoms. The van der Waals surface area contributed by atoms with Crippen LogP contribution in [0.2, 0.25) is 0 Å². The first kappa shape index (κ1) is 23.0. The number of esters is 1. The summed E-state index contributed by atoms with van der Waals surface area (Å²) in [7, 11) is 2.65. The van der Waals surface area contributed by atoms with E-state index in [1.807, 2.05) is 6.92 Å². The Morgan fingerprint density at radius 3 is 2.41 bits per heavy atom. The van der Waals surface area contributed by atoms with Crippen molar-refractivity contribution in [2.75, 3.05) is 25.7 Å². The number of nitrogens with zero attached hydrogens (tertiary/aromatic N) is 1. The fourth-order valence-electron chi connectivity index (χ4n) is 2.87. The Morgan fingerprint density at radius 2 is 1.78 bits per heavy atom. The molecule has 10 heteroatoms. The third kappa shape index (κ3) is 4.80. The van der Waals surface area contributed by atoms with Gasteiger partial charge in [-0.25, -0.2) is 14.5 Å². The van der Waals surface area contributed by atoms with Gasteiger partial charge in [0, 0.05) is 4.47 Å². The highest BCUT2D eigenvalue weighted by Crippen LogP contribution is 2.35. The fraction of sp³-hybridized carbons (Fsp3) is 0.182. The van der Waals surface area contributed by atoms with E-state index in [9.17, 15) is 19.2 Å². The number of amides is 4. The molecule has 1 aliphatic rings. The van der Waals surface area contributed by atoms with E-state index in [1.54, 1.807) is 24.3 Å². The zero-order valence-electron chi connectivity index (χ0n) is 17.4. The number of ether oxygens (including phenoxy) is 3. The van der Waals surface area contributed by atoms with Gasteiger partial charge in [-0.2, -0.15) is 0 Å². The molecule has 0 unspecified atom stereocenters. The zero-order chi connectivity index (χ0) is 23.4. The summed E-state index contributed by atoms with van der Waals surface area (Å²) in [5.74, 6) is -1.64. The van der Waals surface area contributed by atoms with Gasteiger partial charge in [0.05, 0.1) is 19.9 Å². The topological polar surface area (TPSA) is 111 Å². The molecule has 1 N–H and O–H groups in total. The number of anilines is 1. The number of carbonyl (C=O) groups is 4. The highest BCUT2D eigenvalue weighted by Gasteiger charge is 2.37. The molecule has 1 fully saturated rings. The van der Waals surface area contributed by atoms with Gasteiger partial charge in [-0.3, -0.25) is 14.9 Å². The molecular weight excluding hydrogens is 484 g/mol. The summed E-state index contributed by atoms with van der Waals surface area (Å²) >= 11 is 3.36. The Hall–Kier alpha value is -3.66. The molecule has 0 saturated carbocycles. The summed E-state index contributed by atoms with van der Waals surface area (Å²) in [6.07, 6.45) is 1.34. The highest BCUT2D eigenvalue weighted by atomic mass is 79.9. The van der Waals surface area contributed by atoms with Crippen molar-refractivity contribution in [2.45, 2.75) is 6.92 Å². The number of aryl methyl sites for hydroxylation is 1. The molecule has 166 valence electrons. The van der Waals surface area contributed by atoms with E-state index in [0.717, 1.165) is 10.5 Å². The van der Waals surface area contributed by atoms with Gasteiger partial charge in [0.15, 0.2) is 18.1 Å². The van der Waals surface area contributed by atoms with Gasteiger partial charge in [-0.05, 0) is 42.8 Å². The fourth-order valence-corrected chi connectivity index (χ4v) is 3.31. The molecule has 2 aromatic carbocycles. The standard InChI is InChI=1S/C22H19BrN2O7/c1-12-4-6-14(7-5-12)25-21(28)15(20(27)24-22(25)29)8-13-9-17(30-2)18(10-16(13)23)32-11-19(26)31-3/h4-10H,11H2,1-3H3,(H,24,27,29)/b15-8+. The van der Waals surface area contributed by atoms with Crippen LogP contribution in [-0.2, 0) is 19.1 Å². The van der Waals surface area contributed by atoms with Crippen molar-refractivity contribution in [3.63, 3.8) is 0 Å². The molecule has 1 aliphatic heterocycles. The Bertz CT molecular complexity index is 1130. The lowest BCUT2D eigenvalue weighted by molar-refractivity contribution is -0.143. The SMILES string of the molecule is COC(=O)COc1cc(Br)c(/C=C2\C(=O)NC(=O)N(c3ccc(C)cc3)C2=O)cc1OC. The Labute approximate surface area is 192 Å². The second-order valence-corrected chi connectivity index (χ2v) is 7.54. The average molecular weight is 503 g/mol. The summed E-state index contributed by atoms with van der Waals surface area (Å²) in [6, 6.07) is 8.97. The van der Waals surface area contributed by atoms with Crippen LogP contribution in [0, 0.1) is 6.92 Å². The molecule has 9 nitrogen and oxygen atoms in total. The number of benzene rings is 2. The Morgan fingerprint density at radius 1 is 1.09 bits per heavy atom. The number of carbonyl (C=O) groups excluding carboxylic acids is 4. The largest absolute Gasteiger partial charge is 0.493 e. The van der Waals surface area contributed by atoms with Crippen LogP contribution in [0.1, 0.15) is 11.1 Å². The molecule has 2 aromatic rings. The minimum Gasteiger partial charge on any atom is -0.493 e. The molecular formula is C22H19BrN2O7. The van der Waals surface area contributed by atoms with E-state index in [-0.39, 0.29) is 23.7 Å². The molecule has 0 atom stereocenters. The number of imide groups is 2. The third-order valence-corrected chi connectivity index (χ3v) is 5.24. The van der Waals surface area contributed by atoms with Gasteiger partial charge in [0.1, 0.15) is 5.57 Å². The van der Waals surface area contributed by atoms with Crippen molar-refractivity contribution >= 4 is 51.5 Å². The van der Waals surface area contributed by atoms with Gasteiger partial charge in [0.25, 0.3) is 11.8 Å². The van der Waals surface area contributed by atoms with Crippen LogP contribution in [0.15, 0.2) is 46.4 Å². The number of nitrogens with one attached hydrogen (secondary N) is 1. The highest BCUT2D eigenvalue weighted by molar-refractivity contribution is 9.10. The Kier molecular flexibility index (Phi) is 6.94. The average Bonchev–Trinajstić information content (AvgIpc) is 2.77. The number of methoxy groups -OCH3 is 2. The summed E-state index contributed by atoms with van der Waals surface area (Å²) in [5.41, 5.74) is 1.47. The molecule has 4 amide bonds. The van der Waals surface area contributed by atoms with Crippen molar-refractivity contribution in [1.82, 2.24) is 5.32 Å². The van der Waals surface area contributed by atoms with Gasteiger partial charge < -0.3 is 14.2 Å². The van der Waals surface area contributed by atoms with Gasteiger partial charge in [-0.15, -0.1) is 0 Å². The first-order valence-corrected chi connectivity index (χ1v) is 10.1. The minimum absolute atomic E-state index is 0.240. The van der Waals surface area contributed by atoms with Gasteiger partial charge >= 0.3 is 12.0 Å². The van der Waals surface area contributed by atoms with Gasteiger partial charge in [0.2, 0.25) is 0 Å². The second kappa shape index (κ2) is 9.65. The monoisotopic (exact) mass is 502 g/mol. The summed E-state index contributed by atoms with van der Waals surface area (Å²) in [6.45, 7) is 1.55. The molecule has 1 heterocycles. The first-order chi connectivity index (χ1) is 15.2. The van der Waals surface area contributed by atoms with E-state index in [2.05, 4.69) is 26.0 Å². The lowest BCUT2D eigenvalue weighted by atomic mass is 10.1. The van der Waals surface area contributed by atoms with Crippen molar-refractivity contribution < 1.29 is 33.4 Å². The maximum absolute atomic E-state index is 13.0. The smallest absolute Gasteiger partial charge is 0.343 e. The predicted molar refractivity (Wildman–Crippen MR) is 118 cm³/mol. The van der Waals surface area contributed by atoms with Crippen LogP contribution >= 0.6 is 15.9 Å². The lowest BCUT2D eigenvalue weighted by Crippen LogP contribution is -2.54. The number of hydrogen-bond donors (Lipinski definition) is 1. The van der Waals surface area contributed by atoms with Gasteiger partial charge in [-0.1, -0.05) is 33.6 Å². The minimum atomic E-state index is -0.829. The molecule has 0 aromatic heterocycles. The number of urea groups is 1. The Balaban J connectivity index is 1.97. The molecule has 1 saturated heterocycles. The molecule has 3 rings (SSSR count). The van der Waals surface area contributed by atoms with Crippen LogP contribution in [0.4, 0.5) is 10.5 Å². The first-order valence-electron chi connectivity index (χ1n) is 9.30. The predicted octanol–water partition coefficient (Wildman–Crippen LogP) is 2.98. The maximum atomic E-state index is 13.0. The number of halogens is 1.